The normalized spacial score (nSPS) is 18.6. The molecule has 25 heavy (non-hydrogen) atoms. The molecule has 0 saturated carbocycles. The number of nitrogens with one attached hydrogen (secondary N) is 2. The molecule has 1 fully saturated rings. The van der Waals surface area contributed by atoms with Crippen LogP contribution in [0.15, 0.2) is 36.5 Å². The summed E-state index contributed by atoms with van der Waals surface area (Å²) in [4.78, 5) is 14.6. The highest BCUT2D eigenvalue weighted by Gasteiger charge is 2.18. The first-order chi connectivity index (χ1) is 12.1. The molecule has 2 aromatic rings. The molecule has 7 nitrogen and oxygen atoms in total. The van der Waals surface area contributed by atoms with Gasteiger partial charge < -0.3 is 15.0 Å². The molecule has 0 spiro atoms. The number of aromatic nitrogens is 2. The molecule has 0 bridgehead atoms. The zero-order chi connectivity index (χ0) is 17.6. The van der Waals surface area contributed by atoms with Crippen LogP contribution in [0.5, 0.6) is 0 Å². The Morgan fingerprint density at radius 3 is 2.92 bits per heavy atom. The summed E-state index contributed by atoms with van der Waals surface area (Å²) in [5.74, 6) is 0.969. The molecule has 1 aromatic heterocycles. The number of rotatable bonds is 4. The molecule has 1 aromatic carbocycles. The molecular weight excluding hydrogens is 318 g/mol. The molecule has 2 heterocycles. The third kappa shape index (κ3) is 4.58. The number of nitrogens with zero attached hydrogens (tertiary/aromatic N) is 3. The molecule has 0 radical (unpaired) electrons. The largest absolute Gasteiger partial charge is 0.380 e. The maximum Gasteiger partial charge on any atom is 0.320 e. The lowest BCUT2D eigenvalue weighted by atomic mass is 10.1. The van der Waals surface area contributed by atoms with E-state index >= 15 is 0 Å². The second-order valence-corrected chi connectivity index (χ2v) is 6.43. The van der Waals surface area contributed by atoms with Crippen LogP contribution in [0.4, 0.5) is 10.6 Å². The predicted molar refractivity (Wildman–Crippen MR) is 97.5 cm³/mol. The predicted octanol–water partition coefficient (Wildman–Crippen LogP) is 1.79. The highest BCUT2D eigenvalue weighted by atomic mass is 16.5. The van der Waals surface area contributed by atoms with Crippen molar-refractivity contribution in [1.29, 1.82) is 0 Å². The molecule has 2 N–H and O–H groups in total. The van der Waals surface area contributed by atoms with Gasteiger partial charge in [0.15, 0.2) is 0 Å². The summed E-state index contributed by atoms with van der Waals surface area (Å²) < 4.78 is 7.26. The first-order valence-corrected chi connectivity index (χ1v) is 8.52. The van der Waals surface area contributed by atoms with E-state index in [1.165, 1.54) is 0 Å². The van der Waals surface area contributed by atoms with E-state index in [9.17, 15) is 4.79 Å². The van der Waals surface area contributed by atoms with Crippen molar-refractivity contribution in [3.63, 3.8) is 0 Å². The highest BCUT2D eigenvalue weighted by Crippen LogP contribution is 2.26. The zero-order valence-electron chi connectivity index (χ0n) is 14.7. The fourth-order valence-corrected chi connectivity index (χ4v) is 2.98. The third-order valence-corrected chi connectivity index (χ3v) is 4.35. The van der Waals surface area contributed by atoms with Crippen molar-refractivity contribution >= 4 is 11.8 Å². The number of carbonyl (C=O) groups excluding carboxylic acids is 1. The zero-order valence-corrected chi connectivity index (χ0v) is 14.7. The van der Waals surface area contributed by atoms with Gasteiger partial charge in [0.1, 0.15) is 5.82 Å². The molecule has 3 rings (SSSR count). The molecule has 1 aliphatic rings. The number of benzene rings is 1. The van der Waals surface area contributed by atoms with Crippen molar-refractivity contribution in [2.24, 2.45) is 13.0 Å². The van der Waals surface area contributed by atoms with Gasteiger partial charge in [0, 0.05) is 38.2 Å². The molecular formula is C18H25N5O2. The van der Waals surface area contributed by atoms with E-state index in [0.29, 0.717) is 24.9 Å². The van der Waals surface area contributed by atoms with Crippen LogP contribution in [-0.4, -0.2) is 60.6 Å². The van der Waals surface area contributed by atoms with Crippen molar-refractivity contribution in [3.8, 4) is 11.1 Å². The van der Waals surface area contributed by atoms with Gasteiger partial charge in [0.05, 0.1) is 19.4 Å². The average Bonchev–Trinajstić information content (AvgIpc) is 2.84. The van der Waals surface area contributed by atoms with Gasteiger partial charge in [-0.2, -0.15) is 5.10 Å². The molecule has 134 valence electrons. The summed E-state index contributed by atoms with van der Waals surface area (Å²) >= 11 is 0. The quantitative estimate of drug-likeness (QED) is 0.888. The van der Waals surface area contributed by atoms with Crippen LogP contribution in [0, 0.1) is 5.92 Å². The minimum atomic E-state index is -0.229. The lowest BCUT2D eigenvalue weighted by molar-refractivity contribution is 0.122. The number of amides is 2. The number of anilines is 1. The van der Waals surface area contributed by atoms with Crippen LogP contribution >= 0.6 is 0 Å². The first-order valence-electron chi connectivity index (χ1n) is 8.52. The Labute approximate surface area is 148 Å². The van der Waals surface area contributed by atoms with Gasteiger partial charge in [-0.1, -0.05) is 30.3 Å². The fourth-order valence-electron chi connectivity index (χ4n) is 2.98. The third-order valence-electron chi connectivity index (χ3n) is 4.35. The first kappa shape index (κ1) is 17.4. The molecule has 1 saturated heterocycles. The van der Waals surface area contributed by atoms with E-state index in [0.717, 1.165) is 30.8 Å². The van der Waals surface area contributed by atoms with Gasteiger partial charge in [0.25, 0.3) is 0 Å². The van der Waals surface area contributed by atoms with Crippen molar-refractivity contribution in [3.05, 3.63) is 36.5 Å². The van der Waals surface area contributed by atoms with Gasteiger partial charge in [0.2, 0.25) is 0 Å². The van der Waals surface area contributed by atoms with E-state index in [1.54, 1.807) is 10.9 Å². The highest BCUT2D eigenvalue weighted by molar-refractivity contribution is 5.93. The van der Waals surface area contributed by atoms with E-state index in [2.05, 4.69) is 27.7 Å². The van der Waals surface area contributed by atoms with Crippen LogP contribution < -0.4 is 10.6 Å². The fraction of sp³-hybridized carbons (Fsp3) is 0.444. The average molecular weight is 343 g/mol. The summed E-state index contributed by atoms with van der Waals surface area (Å²) in [6.07, 6.45) is 1.76. The monoisotopic (exact) mass is 343 g/mol. The number of likely N-dealkylation sites (N-methyl/N-ethyl adjacent to an activating group) is 1. The molecule has 7 heteroatoms. The maximum absolute atomic E-state index is 12.3. The van der Waals surface area contributed by atoms with Crippen molar-refractivity contribution < 1.29 is 9.53 Å². The van der Waals surface area contributed by atoms with Crippen molar-refractivity contribution in [2.75, 3.05) is 45.2 Å². The molecule has 1 atom stereocenters. The number of aryl methyl sites for hydroxylation is 1. The second-order valence-electron chi connectivity index (χ2n) is 6.43. The number of ether oxygens (including phenoxy) is 1. The molecule has 0 unspecified atom stereocenters. The van der Waals surface area contributed by atoms with Crippen LogP contribution in [0.3, 0.4) is 0 Å². The minimum Gasteiger partial charge on any atom is -0.380 e. The van der Waals surface area contributed by atoms with Gasteiger partial charge in [-0.3, -0.25) is 10.00 Å². The Hall–Kier alpha value is -2.38. The number of carbonyl (C=O) groups is 1. The smallest absolute Gasteiger partial charge is 0.320 e. The SMILES string of the molecule is CN1CCOC[C@H](CNC(=O)Nc2c(-c3ccccc3)cnn2C)C1. The lowest BCUT2D eigenvalue weighted by Gasteiger charge is -2.19. The Morgan fingerprint density at radius 2 is 2.12 bits per heavy atom. The summed E-state index contributed by atoms with van der Waals surface area (Å²) in [6, 6.07) is 9.67. The van der Waals surface area contributed by atoms with Gasteiger partial charge >= 0.3 is 6.03 Å². The maximum atomic E-state index is 12.3. The molecule has 0 aliphatic carbocycles. The van der Waals surface area contributed by atoms with E-state index < -0.39 is 0 Å². The summed E-state index contributed by atoms with van der Waals surface area (Å²) in [6.45, 7) is 3.84. The topological polar surface area (TPSA) is 71.4 Å². The van der Waals surface area contributed by atoms with Gasteiger partial charge in [-0.15, -0.1) is 0 Å². The number of hydrogen-bond acceptors (Lipinski definition) is 4. The summed E-state index contributed by atoms with van der Waals surface area (Å²) in [7, 11) is 3.89. The van der Waals surface area contributed by atoms with Crippen LogP contribution in [0.1, 0.15) is 0 Å². The van der Waals surface area contributed by atoms with Crippen LogP contribution in [0.25, 0.3) is 11.1 Å². The van der Waals surface area contributed by atoms with Crippen LogP contribution in [0.2, 0.25) is 0 Å². The molecule has 1 aliphatic heterocycles. The minimum absolute atomic E-state index is 0.229. The van der Waals surface area contributed by atoms with E-state index in [-0.39, 0.29) is 6.03 Å². The van der Waals surface area contributed by atoms with Gasteiger partial charge in [-0.05, 0) is 12.6 Å². The second kappa shape index (κ2) is 8.13. The standard InChI is InChI=1S/C18H25N5O2/c1-22-8-9-25-13-14(12-22)10-19-18(24)21-17-16(11-20-23(17)2)15-6-4-3-5-7-15/h3-7,11,14H,8-10,12-13H2,1-2H3,(H2,19,21,24)/t14-/m1/s1. The Kier molecular flexibility index (Phi) is 5.67. The van der Waals surface area contributed by atoms with Crippen molar-refractivity contribution in [2.45, 2.75) is 0 Å². The van der Waals surface area contributed by atoms with Crippen LogP contribution in [-0.2, 0) is 11.8 Å². The lowest BCUT2D eigenvalue weighted by Crippen LogP contribution is -2.38. The number of hydrogen-bond donors (Lipinski definition) is 2. The summed E-state index contributed by atoms with van der Waals surface area (Å²) in [5, 5.41) is 10.1. The Bertz CT molecular complexity index is 701. The number of urea groups is 1. The Morgan fingerprint density at radius 1 is 1.32 bits per heavy atom. The summed E-state index contributed by atoms with van der Waals surface area (Å²) in [5.41, 5.74) is 1.92. The molecule has 2 amide bonds. The van der Waals surface area contributed by atoms with Crippen molar-refractivity contribution in [1.82, 2.24) is 20.0 Å². The Balaban J connectivity index is 1.61. The van der Waals surface area contributed by atoms with E-state index in [1.807, 2.05) is 37.4 Å². The van der Waals surface area contributed by atoms with E-state index in [4.69, 9.17) is 4.74 Å². The van der Waals surface area contributed by atoms with Gasteiger partial charge in [-0.25, -0.2) is 4.79 Å².